The van der Waals surface area contributed by atoms with E-state index in [1.54, 1.807) is 0 Å². The van der Waals surface area contributed by atoms with Gasteiger partial charge in [-0.3, -0.25) is 0 Å². The predicted octanol–water partition coefficient (Wildman–Crippen LogP) is 9.08. The first-order valence-electron chi connectivity index (χ1n) is 17.5. The molecule has 0 heterocycles. The van der Waals surface area contributed by atoms with Crippen molar-refractivity contribution in [3.63, 3.8) is 0 Å². The van der Waals surface area contributed by atoms with Crippen LogP contribution >= 0.6 is 0 Å². The van der Waals surface area contributed by atoms with Crippen LogP contribution in [0.25, 0.3) is 6.08 Å². The molecule has 0 aliphatic rings. The Hall–Kier alpha value is -4.19. The van der Waals surface area contributed by atoms with Gasteiger partial charge in [0.2, 0.25) is 0 Å². The summed E-state index contributed by atoms with van der Waals surface area (Å²) in [6, 6.07) is 29.6. The minimum atomic E-state index is -3.19. The van der Waals surface area contributed by atoms with Crippen molar-refractivity contribution in [2.24, 2.45) is 0 Å². The largest absolute Gasteiger partial charge is 0.543 e. The maximum Gasteiger partial charge on any atom is 0.305 e. The highest BCUT2D eigenvalue weighted by molar-refractivity contribution is 7.49. The normalized spacial score (nSPS) is 12.1. The van der Waals surface area contributed by atoms with E-state index < -0.39 is 16.1 Å². The van der Waals surface area contributed by atoms with Crippen molar-refractivity contribution in [3.8, 4) is 0 Å². The number of allylic oxidation sites excluding steroid dienone is 2. The van der Waals surface area contributed by atoms with E-state index in [0.717, 1.165) is 0 Å². The van der Waals surface area contributed by atoms with Crippen molar-refractivity contribution < 1.29 is 4.43 Å². The monoisotopic (exact) mass is 677 g/mol. The molecule has 3 heteroatoms. The molecule has 0 aliphatic heterocycles. The zero-order chi connectivity index (χ0) is 35.6. The zero-order valence-electron chi connectivity index (χ0n) is 31.7. The lowest BCUT2D eigenvalue weighted by atomic mass is 10.1. The van der Waals surface area contributed by atoms with Crippen molar-refractivity contribution in [2.45, 2.75) is 83.1 Å². The molecule has 49 heavy (non-hydrogen) atoms. The Bertz CT molecular complexity index is 1860. The van der Waals surface area contributed by atoms with Crippen LogP contribution in [0.15, 0.2) is 97.3 Å². The molecule has 5 rings (SSSR count). The average Bonchev–Trinajstić information content (AvgIpc) is 2.98. The van der Waals surface area contributed by atoms with E-state index in [1.807, 2.05) is 6.26 Å². The first-order chi connectivity index (χ1) is 23.2. The molecule has 1 nitrogen and oxygen atoms in total. The molecule has 0 unspecified atom stereocenters. The molecule has 0 saturated heterocycles. The van der Waals surface area contributed by atoms with Gasteiger partial charge in [-0.05, 0) is 138 Å². The van der Waals surface area contributed by atoms with E-state index in [4.69, 9.17) is 4.43 Å². The second-order valence-electron chi connectivity index (χ2n) is 14.4. The molecule has 0 bridgehead atoms. The first kappa shape index (κ1) is 36.1. The maximum atomic E-state index is 7.85. The second-order valence-corrected chi connectivity index (χ2v) is 22.3. The predicted molar refractivity (Wildman–Crippen MR) is 218 cm³/mol. The number of hydrogen-bond donors (Lipinski definition) is 0. The summed E-state index contributed by atoms with van der Waals surface area (Å²) < 4.78 is 7.85. The molecule has 0 saturated carbocycles. The molecule has 0 fully saturated rings. The molecule has 0 amide bonds. The van der Waals surface area contributed by atoms with Gasteiger partial charge in [-0.25, -0.2) is 0 Å². The lowest BCUT2D eigenvalue weighted by molar-refractivity contribution is 0.502. The summed E-state index contributed by atoms with van der Waals surface area (Å²) in [5.41, 5.74) is 17.1. The Labute approximate surface area is 299 Å². The second kappa shape index (κ2) is 14.7. The Morgan fingerprint density at radius 1 is 0.449 bits per heavy atom. The third kappa shape index (κ3) is 7.25. The molecule has 0 N–H and O–H groups in total. The van der Waals surface area contributed by atoms with Gasteiger partial charge < -0.3 is 4.43 Å². The summed E-state index contributed by atoms with van der Waals surface area (Å²) >= 11 is 0. The van der Waals surface area contributed by atoms with E-state index in [2.05, 4.69) is 180 Å². The van der Waals surface area contributed by atoms with Gasteiger partial charge in [-0.1, -0.05) is 136 Å². The van der Waals surface area contributed by atoms with Gasteiger partial charge >= 0.3 is 7.83 Å². The summed E-state index contributed by atoms with van der Waals surface area (Å²) in [5, 5.41) is 5.81. The molecule has 5 aromatic carbocycles. The van der Waals surface area contributed by atoms with Crippen molar-refractivity contribution in [1.29, 1.82) is 0 Å². The van der Waals surface area contributed by atoms with Gasteiger partial charge in [0.25, 0.3) is 0 Å². The summed E-state index contributed by atoms with van der Waals surface area (Å²) in [6.07, 6.45) is 8.42. The Morgan fingerprint density at radius 3 is 1.16 bits per heavy atom. The van der Waals surface area contributed by atoms with Crippen LogP contribution in [-0.4, -0.2) is 16.1 Å². The Kier molecular flexibility index (Phi) is 10.9. The molecule has 1 radical (unpaired) electrons. The van der Waals surface area contributed by atoms with Crippen LogP contribution in [0.1, 0.15) is 72.3 Å². The lowest BCUT2D eigenvalue weighted by Gasteiger charge is -2.43. The highest BCUT2D eigenvalue weighted by Crippen LogP contribution is 2.26. The number of benzene rings is 5. The van der Waals surface area contributed by atoms with Crippen LogP contribution < -0.4 is 20.7 Å². The highest BCUT2D eigenvalue weighted by atomic mass is 29.2. The fourth-order valence-corrected chi connectivity index (χ4v) is 24.2. The number of rotatable bonds is 9. The van der Waals surface area contributed by atoms with E-state index >= 15 is 0 Å². The highest BCUT2D eigenvalue weighted by Gasteiger charge is 2.56. The standard InChI is InChI=1S/C46H53OSi2/c1-30-22-34(5)43(35(6)23-30)48(44-36(7)24-31(2)25-37(44)8)49(45-38(9)26-32(3)27-39(45)10,46-40(11)28-33(4)29-41(46)12)47-21-17-16-20-42-18-14-13-15-19-42/h13-29H,1-12H3/b20-16+,21-17+. The van der Waals surface area contributed by atoms with Gasteiger partial charge in [-0.15, -0.1) is 0 Å². The topological polar surface area (TPSA) is 9.23 Å². The molecule has 251 valence electrons. The van der Waals surface area contributed by atoms with Crippen molar-refractivity contribution >= 4 is 43.0 Å². The minimum Gasteiger partial charge on any atom is -0.543 e. The fraction of sp³-hybridized carbons (Fsp3) is 0.261. The minimum absolute atomic E-state index is 1.17. The zero-order valence-corrected chi connectivity index (χ0v) is 33.7. The smallest absolute Gasteiger partial charge is 0.305 e. The van der Waals surface area contributed by atoms with Crippen LogP contribution in [0.4, 0.5) is 0 Å². The van der Waals surface area contributed by atoms with Crippen molar-refractivity contribution in [3.05, 3.63) is 170 Å². The van der Waals surface area contributed by atoms with Gasteiger partial charge in [0.1, 0.15) is 0 Å². The number of hydrogen-bond acceptors (Lipinski definition) is 1. The number of aryl methyl sites for hydroxylation is 12. The first-order valence-corrected chi connectivity index (χ1v) is 21.9. The van der Waals surface area contributed by atoms with Crippen LogP contribution in [0, 0.1) is 83.1 Å². The summed E-state index contributed by atoms with van der Waals surface area (Å²) in [5.74, 6) is 0. The molecule has 0 aliphatic carbocycles. The third-order valence-electron chi connectivity index (χ3n) is 9.79. The van der Waals surface area contributed by atoms with E-state index in [1.165, 1.54) is 93.1 Å². The van der Waals surface area contributed by atoms with Crippen LogP contribution in [0.5, 0.6) is 0 Å². The van der Waals surface area contributed by atoms with Crippen molar-refractivity contribution in [2.75, 3.05) is 0 Å². The van der Waals surface area contributed by atoms with E-state index in [-0.39, 0.29) is 0 Å². The summed E-state index contributed by atoms with van der Waals surface area (Å²) in [4.78, 5) is 0. The van der Waals surface area contributed by atoms with Crippen LogP contribution in [0.2, 0.25) is 0 Å². The van der Waals surface area contributed by atoms with Crippen molar-refractivity contribution in [1.82, 2.24) is 0 Å². The maximum absolute atomic E-state index is 7.85. The van der Waals surface area contributed by atoms with Gasteiger partial charge in [-0.2, -0.15) is 0 Å². The molecule has 0 spiro atoms. The molecule has 5 aromatic rings. The van der Waals surface area contributed by atoms with E-state index in [9.17, 15) is 0 Å². The van der Waals surface area contributed by atoms with Gasteiger partial charge in [0.15, 0.2) is 8.31 Å². The average molecular weight is 678 g/mol. The molecular weight excluding hydrogens is 625 g/mol. The molecule has 0 aromatic heterocycles. The van der Waals surface area contributed by atoms with E-state index in [0.29, 0.717) is 0 Å². The van der Waals surface area contributed by atoms with Crippen LogP contribution in [0.3, 0.4) is 0 Å². The molecule has 0 atom stereocenters. The molecular formula is C46H53OSi2. The Morgan fingerprint density at radius 2 is 0.796 bits per heavy atom. The summed E-state index contributed by atoms with van der Waals surface area (Å²) in [7, 11) is -4.86. The third-order valence-corrected chi connectivity index (χ3v) is 22.0. The Balaban J connectivity index is 2.00. The van der Waals surface area contributed by atoms with Crippen LogP contribution in [-0.2, 0) is 4.43 Å². The van der Waals surface area contributed by atoms with Gasteiger partial charge in [0.05, 0.1) is 6.26 Å². The SMILES string of the molecule is Cc1cc(C)c([Si](c2c(C)cc(C)cc2C)[Si](O/C=C/C=C/c2ccccc2)(c2c(C)cc(C)cc2C)c2c(C)cc(C)cc2C)c(C)c1. The lowest BCUT2D eigenvalue weighted by Crippen LogP contribution is -2.80. The van der Waals surface area contributed by atoms with Gasteiger partial charge in [0, 0.05) is 0 Å². The summed E-state index contributed by atoms with van der Waals surface area (Å²) in [6.45, 7) is 27.5. The quantitative estimate of drug-likeness (QED) is 0.0860. The fourth-order valence-electron chi connectivity index (χ4n) is 8.57.